The Morgan fingerprint density at radius 1 is 1.15 bits per heavy atom. The minimum Gasteiger partial charge on any atom is -0.484 e. The highest BCUT2D eigenvalue weighted by atomic mass is 32.2. The van der Waals surface area contributed by atoms with E-state index in [2.05, 4.69) is 10.3 Å². The molecule has 6 rings (SSSR count). The zero-order valence-electron chi connectivity index (χ0n) is 26.0. The number of amides is 2. The number of hydrogen-bond acceptors (Lipinski definition) is 10. The van der Waals surface area contributed by atoms with E-state index in [0.29, 0.717) is 33.3 Å². The highest BCUT2D eigenvalue weighted by Crippen LogP contribution is 2.42. The molecule has 3 aliphatic heterocycles. The van der Waals surface area contributed by atoms with Crippen LogP contribution < -0.4 is 10.1 Å². The van der Waals surface area contributed by atoms with Crippen LogP contribution in [0.2, 0.25) is 0 Å². The summed E-state index contributed by atoms with van der Waals surface area (Å²) in [6.45, 7) is 5.61. The van der Waals surface area contributed by atoms with Gasteiger partial charge in [0.05, 0.1) is 16.3 Å². The lowest BCUT2D eigenvalue weighted by Gasteiger charge is -2.49. The number of fused-ring (bicyclic) bond motifs is 6. The Labute approximate surface area is 273 Å². The van der Waals surface area contributed by atoms with Gasteiger partial charge in [-0.05, 0) is 69.2 Å². The van der Waals surface area contributed by atoms with Gasteiger partial charge >= 0.3 is 11.9 Å². The maximum absolute atomic E-state index is 14.0. The molecule has 1 saturated heterocycles. The summed E-state index contributed by atoms with van der Waals surface area (Å²) in [7, 11) is -3.74. The first-order chi connectivity index (χ1) is 22.1. The van der Waals surface area contributed by atoms with Gasteiger partial charge in [0.15, 0.2) is 16.4 Å². The third kappa shape index (κ3) is 6.33. The number of halogens is 1. The van der Waals surface area contributed by atoms with Gasteiger partial charge in [0.25, 0.3) is 11.8 Å². The number of sulfone groups is 1. The molecule has 12 nitrogen and oxygen atoms in total. The molecule has 248 valence electrons. The lowest BCUT2D eigenvalue weighted by Crippen LogP contribution is -2.71. The smallest absolute Gasteiger partial charge is 0.355 e. The Hall–Kier alpha value is -4.37. The summed E-state index contributed by atoms with van der Waals surface area (Å²) >= 11 is 1.30. The first-order valence-corrected chi connectivity index (χ1v) is 17.5. The predicted molar refractivity (Wildman–Crippen MR) is 169 cm³/mol. The van der Waals surface area contributed by atoms with Crippen molar-refractivity contribution in [2.75, 3.05) is 24.7 Å². The number of benzene rings is 2. The topological polar surface area (TPSA) is 161 Å². The number of esters is 2. The van der Waals surface area contributed by atoms with Gasteiger partial charge in [-0.25, -0.2) is 17.6 Å². The van der Waals surface area contributed by atoms with Gasteiger partial charge < -0.3 is 24.5 Å². The van der Waals surface area contributed by atoms with E-state index in [1.54, 1.807) is 39.0 Å². The van der Waals surface area contributed by atoms with Gasteiger partial charge in [0.1, 0.15) is 40.9 Å². The molecule has 2 unspecified atom stereocenters. The fraction of sp³-hybridized carbons (Fsp3) is 0.375. The van der Waals surface area contributed by atoms with Crippen molar-refractivity contribution in [2.24, 2.45) is 0 Å². The van der Waals surface area contributed by atoms with Crippen molar-refractivity contribution in [3.8, 4) is 17.0 Å². The van der Waals surface area contributed by atoms with E-state index in [1.165, 1.54) is 41.8 Å². The number of hydrogen-bond donors (Lipinski definition) is 2. The highest BCUT2D eigenvalue weighted by Gasteiger charge is 2.54. The van der Waals surface area contributed by atoms with Crippen LogP contribution >= 0.6 is 11.8 Å². The second-order valence-corrected chi connectivity index (χ2v) is 15.6. The lowest BCUT2D eigenvalue weighted by molar-refractivity contribution is -0.159. The van der Waals surface area contributed by atoms with Crippen molar-refractivity contribution in [1.82, 2.24) is 15.2 Å². The fourth-order valence-electron chi connectivity index (χ4n) is 5.77. The van der Waals surface area contributed by atoms with Gasteiger partial charge in [-0.15, -0.1) is 11.8 Å². The number of β-lactam (4-membered cyclic amide) rings is 1. The second kappa shape index (κ2) is 12.0. The molecule has 0 aliphatic carbocycles. The summed E-state index contributed by atoms with van der Waals surface area (Å²) in [6.07, 6.45) is 0.191. The van der Waals surface area contributed by atoms with Crippen LogP contribution in [0.4, 0.5) is 4.39 Å². The van der Waals surface area contributed by atoms with Crippen molar-refractivity contribution in [2.45, 2.75) is 56.0 Å². The Kier molecular flexibility index (Phi) is 8.32. The molecular formula is C32H32FN3O9S2. The number of carbonyl (C=O) groups is 4. The monoisotopic (exact) mass is 685 g/mol. The van der Waals surface area contributed by atoms with Crippen molar-refractivity contribution in [3.05, 3.63) is 59.0 Å². The number of rotatable bonds is 7. The Morgan fingerprint density at radius 2 is 1.91 bits per heavy atom. The molecule has 0 bridgehead atoms. The average molecular weight is 686 g/mol. The van der Waals surface area contributed by atoms with Crippen LogP contribution in [-0.2, 0) is 44.9 Å². The molecule has 15 heteroatoms. The van der Waals surface area contributed by atoms with Crippen molar-refractivity contribution < 1.29 is 46.2 Å². The van der Waals surface area contributed by atoms with Crippen LogP contribution in [0.5, 0.6) is 5.75 Å². The number of carbonyl (C=O) groups excluding carboxylic acids is 4. The molecular weight excluding hydrogens is 653 g/mol. The molecule has 3 aliphatic rings. The number of nitrogens with one attached hydrogen (secondary N) is 2. The molecule has 0 radical (unpaired) electrons. The molecule has 2 amide bonds. The summed E-state index contributed by atoms with van der Waals surface area (Å²) in [5, 5.41) is 2.65. The molecule has 2 aromatic carbocycles. The van der Waals surface area contributed by atoms with Gasteiger partial charge in [-0.1, -0.05) is 0 Å². The quantitative estimate of drug-likeness (QED) is 0.279. The van der Waals surface area contributed by atoms with Crippen molar-refractivity contribution >= 4 is 56.3 Å². The van der Waals surface area contributed by atoms with E-state index < -0.39 is 63.0 Å². The van der Waals surface area contributed by atoms with Crippen LogP contribution in [0.15, 0.2) is 52.6 Å². The largest absolute Gasteiger partial charge is 0.484 e. The van der Waals surface area contributed by atoms with E-state index in [4.69, 9.17) is 14.2 Å². The number of thioether (sulfide) groups is 1. The van der Waals surface area contributed by atoms with Crippen molar-refractivity contribution in [3.63, 3.8) is 0 Å². The van der Waals surface area contributed by atoms with Crippen LogP contribution in [0.1, 0.15) is 33.3 Å². The molecule has 3 aromatic rings. The molecule has 2 N–H and O–H groups in total. The fourth-order valence-corrected chi connectivity index (χ4v) is 8.60. The first kappa shape index (κ1) is 32.6. The zero-order valence-corrected chi connectivity index (χ0v) is 27.6. The van der Waals surface area contributed by atoms with E-state index in [-0.39, 0.29) is 40.9 Å². The van der Waals surface area contributed by atoms with E-state index in [0.717, 1.165) is 0 Å². The summed E-state index contributed by atoms with van der Waals surface area (Å²) in [4.78, 5) is 55.1. The number of H-pyrrole nitrogens is 1. The number of aryl methyl sites for hydroxylation is 1. The minimum absolute atomic E-state index is 0.00823. The number of ether oxygens (including phenoxy) is 3. The minimum atomic E-state index is -3.74. The first-order valence-electron chi connectivity index (χ1n) is 14.8. The Bertz CT molecular complexity index is 1980. The summed E-state index contributed by atoms with van der Waals surface area (Å²) < 4.78 is 56.7. The summed E-state index contributed by atoms with van der Waals surface area (Å²) in [6, 6.07) is 7.85. The van der Waals surface area contributed by atoms with Gasteiger partial charge in [0.2, 0.25) is 0 Å². The normalized spacial score (nSPS) is 19.9. The Morgan fingerprint density at radius 3 is 2.64 bits per heavy atom. The third-order valence-electron chi connectivity index (χ3n) is 7.82. The van der Waals surface area contributed by atoms with Gasteiger partial charge in [-0.3, -0.25) is 19.3 Å². The number of aromatic nitrogens is 1. The molecule has 4 heterocycles. The SMILES string of the molecule is CC(=O)OCC1=C(C(=O)OC(C)(C)C)N2C(=O)C(NC(=O)COc3ccc4c(c3)S(=O)(=O)CCc3c-4[nH]c4ccc(F)cc34)C2SC1. The molecule has 1 fully saturated rings. The van der Waals surface area contributed by atoms with Crippen LogP contribution in [0.3, 0.4) is 0 Å². The summed E-state index contributed by atoms with van der Waals surface area (Å²) in [5.74, 6) is -2.67. The van der Waals surface area contributed by atoms with Crippen LogP contribution in [-0.4, -0.2) is 83.8 Å². The molecule has 2 atom stereocenters. The van der Waals surface area contributed by atoms with E-state index in [1.807, 2.05) is 0 Å². The van der Waals surface area contributed by atoms with E-state index in [9.17, 15) is 32.0 Å². The summed E-state index contributed by atoms with van der Waals surface area (Å²) in [5.41, 5.74) is 1.96. The predicted octanol–water partition coefficient (Wildman–Crippen LogP) is 3.24. The Balaban J connectivity index is 1.16. The standard InChI is InChI=1S/C32H32FN3O9S2/c1-16(37)43-13-17-15-46-30-27(29(39)36(30)28(17)31(40)45-32(2,3)4)35-25(38)14-44-19-6-7-21-24(12-19)47(41,42)10-9-20-22-11-18(33)5-8-23(22)34-26(20)21/h5-8,11-12,27,30,34H,9-10,13-15H2,1-4H3,(H,35,38). The molecule has 1 aromatic heterocycles. The molecule has 0 saturated carbocycles. The number of nitrogens with zero attached hydrogens (tertiary/aromatic N) is 1. The lowest BCUT2D eigenvalue weighted by atomic mass is 10.0. The third-order valence-corrected chi connectivity index (χ3v) is 10.9. The molecule has 0 spiro atoms. The molecule has 47 heavy (non-hydrogen) atoms. The second-order valence-electron chi connectivity index (χ2n) is 12.4. The zero-order chi connectivity index (χ0) is 33.8. The maximum atomic E-state index is 14.0. The van der Waals surface area contributed by atoms with Gasteiger partial charge in [0, 0.05) is 34.7 Å². The van der Waals surface area contributed by atoms with Crippen LogP contribution in [0, 0.1) is 5.82 Å². The van der Waals surface area contributed by atoms with E-state index >= 15 is 0 Å². The average Bonchev–Trinajstić information content (AvgIpc) is 3.31. The maximum Gasteiger partial charge on any atom is 0.355 e. The highest BCUT2D eigenvalue weighted by molar-refractivity contribution is 8.00. The van der Waals surface area contributed by atoms with Crippen molar-refractivity contribution in [1.29, 1.82) is 0 Å². The number of aromatic amines is 1. The van der Waals surface area contributed by atoms with Gasteiger partial charge in [-0.2, -0.15) is 0 Å². The van der Waals surface area contributed by atoms with Crippen LogP contribution in [0.25, 0.3) is 22.2 Å².